The summed E-state index contributed by atoms with van der Waals surface area (Å²) >= 11 is 2.99. The summed E-state index contributed by atoms with van der Waals surface area (Å²) in [5, 5.41) is 4.55. The van der Waals surface area contributed by atoms with Crippen molar-refractivity contribution >= 4 is 39.8 Å². The van der Waals surface area contributed by atoms with E-state index in [-0.39, 0.29) is 5.97 Å². The van der Waals surface area contributed by atoms with Gasteiger partial charge in [0.1, 0.15) is 9.88 Å². The molecule has 112 valence electrons. The van der Waals surface area contributed by atoms with Crippen LogP contribution in [0.5, 0.6) is 0 Å². The van der Waals surface area contributed by atoms with Crippen LogP contribution in [-0.4, -0.2) is 24.9 Å². The SMILES string of the molecule is CCCC1CC1Nc1sc(C(=O)OCC)c(N)c1SC. The van der Waals surface area contributed by atoms with E-state index >= 15 is 0 Å². The molecule has 1 fully saturated rings. The Morgan fingerprint density at radius 2 is 2.30 bits per heavy atom. The summed E-state index contributed by atoms with van der Waals surface area (Å²) in [6, 6.07) is 0.536. The van der Waals surface area contributed by atoms with Gasteiger partial charge in [0.25, 0.3) is 0 Å². The second kappa shape index (κ2) is 6.72. The minimum Gasteiger partial charge on any atom is -0.462 e. The highest BCUT2D eigenvalue weighted by atomic mass is 32.2. The Morgan fingerprint density at radius 1 is 1.55 bits per heavy atom. The average molecular weight is 314 g/mol. The first kappa shape index (κ1) is 15.5. The Balaban J connectivity index is 2.12. The van der Waals surface area contributed by atoms with Gasteiger partial charge in [-0.05, 0) is 31.9 Å². The van der Waals surface area contributed by atoms with E-state index in [4.69, 9.17) is 10.5 Å². The highest BCUT2D eigenvalue weighted by Gasteiger charge is 2.37. The van der Waals surface area contributed by atoms with Crippen LogP contribution < -0.4 is 11.1 Å². The molecule has 0 aliphatic heterocycles. The molecule has 2 rings (SSSR count). The number of nitrogens with two attached hydrogens (primary N) is 1. The summed E-state index contributed by atoms with van der Waals surface area (Å²) < 4.78 is 5.06. The molecule has 20 heavy (non-hydrogen) atoms. The van der Waals surface area contributed by atoms with Crippen molar-refractivity contribution in [2.75, 3.05) is 23.9 Å². The lowest BCUT2D eigenvalue weighted by molar-refractivity contribution is 0.0533. The number of carbonyl (C=O) groups is 1. The third kappa shape index (κ3) is 3.23. The van der Waals surface area contributed by atoms with Gasteiger partial charge in [-0.3, -0.25) is 0 Å². The predicted octanol–water partition coefficient (Wildman–Crippen LogP) is 3.83. The van der Waals surface area contributed by atoms with Crippen molar-refractivity contribution in [1.82, 2.24) is 0 Å². The lowest BCUT2D eigenvalue weighted by atomic mass is 10.2. The van der Waals surface area contributed by atoms with Gasteiger partial charge < -0.3 is 15.8 Å². The number of thioether (sulfide) groups is 1. The Labute approximate surface area is 128 Å². The molecule has 0 bridgehead atoms. The Hall–Kier alpha value is -0.880. The second-order valence-electron chi connectivity index (χ2n) is 4.96. The maximum absolute atomic E-state index is 11.9. The van der Waals surface area contributed by atoms with Crippen LogP contribution in [0.2, 0.25) is 0 Å². The Kier molecular flexibility index (Phi) is 5.21. The van der Waals surface area contributed by atoms with Crippen LogP contribution in [0.1, 0.15) is 42.8 Å². The largest absolute Gasteiger partial charge is 0.462 e. The van der Waals surface area contributed by atoms with Crippen LogP contribution in [-0.2, 0) is 4.74 Å². The van der Waals surface area contributed by atoms with Crippen LogP contribution in [0.3, 0.4) is 0 Å². The summed E-state index contributed by atoms with van der Waals surface area (Å²) in [5.41, 5.74) is 6.64. The van der Waals surface area contributed by atoms with Gasteiger partial charge in [-0.15, -0.1) is 23.1 Å². The van der Waals surface area contributed by atoms with Gasteiger partial charge in [0.2, 0.25) is 0 Å². The van der Waals surface area contributed by atoms with E-state index in [2.05, 4.69) is 12.2 Å². The number of rotatable bonds is 7. The van der Waals surface area contributed by atoms with Crippen LogP contribution in [0.25, 0.3) is 0 Å². The number of hydrogen-bond acceptors (Lipinski definition) is 6. The molecule has 3 N–H and O–H groups in total. The van der Waals surface area contributed by atoms with Crippen LogP contribution >= 0.6 is 23.1 Å². The molecule has 1 aliphatic rings. The first-order valence-corrected chi connectivity index (χ1v) is 9.06. The van der Waals surface area contributed by atoms with Crippen molar-refractivity contribution in [2.45, 2.75) is 44.0 Å². The highest BCUT2D eigenvalue weighted by molar-refractivity contribution is 7.99. The maximum Gasteiger partial charge on any atom is 0.350 e. The van der Waals surface area contributed by atoms with E-state index in [9.17, 15) is 4.79 Å². The molecule has 1 heterocycles. The third-order valence-corrected chi connectivity index (χ3v) is 5.54. The Morgan fingerprint density at radius 3 is 2.90 bits per heavy atom. The molecule has 0 spiro atoms. The van der Waals surface area contributed by atoms with Crippen molar-refractivity contribution in [1.29, 1.82) is 0 Å². The fourth-order valence-corrected chi connectivity index (χ4v) is 4.33. The van der Waals surface area contributed by atoms with Crippen molar-refractivity contribution < 1.29 is 9.53 Å². The summed E-state index contributed by atoms with van der Waals surface area (Å²) in [7, 11) is 0. The van der Waals surface area contributed by atoms with Crippen LogP contribution in [0.4, 0.5) is 10.7 Å². The first-order valence-electron chi connectivity index (χ1n) is 7.02. The number of ether oxygens (including phenoxy) is 1. The molecule has 6 heteroatoms. The quantitative estimate of drug-likeness (QED) is 0.591. The number of nitrogen functional groups attached to an aromatic ring is 1. The molecule has 2 unspecified atom stereocenters. The maximum atomic E-state index is 11.9. The van der Waals surface area contributed by atoms with Crippen molar-refractivity contribution in [3.8, 4) is 0 Å². The summed E-state index contributed by atoms with van der Waals surface area (Å²) in [4.78, 5) is 13.4. The highest BCUT2D eigenvalue weighted by Crippen LogP contribution is 2.46. The van der Waals surface area contributed by atoms with Gasteiger partial charge in [-0.2, -0.15) is 0 Å². The number of anilines is 2. The van der Waals surface area contributed by atoms with E-state index in [1.807, 2.05) is 6.26 Å². The van der Waals surface area contributed by atoms with Crippen molar-refractivity contribution in [2.24, 2.45) is 5.92 Å². The molecule has 1 aliphatic carbocycles. The van der Waals surface area contributed by atoms with E-state index in [1.54, 1.807) is 18.7 Å². The predicted molar refractivity (Wildman–Crippen MR) is 86.9 cm³/mol. The fourth-order valence-electron chi connectivity index (χ4n) is 2.36. The molecule has 0 aromatic carbocycles. The van der Waals surface area contributed by atoms with E-state index in [0.717, 1.165) is 15.8 Å². The number of thiophene rings is 1. The average Bonchev–Trinajstić information content (AvgIpc) is 3.05. The van der Waals surface area contributed by atoms with Gasteiger partial charge in [-0.1, -0.05) is 13.3 Å². The van der Waals surface area contributed by atoms with Gasteiger partial charge >= 0.3 is 5.97 Å². The number of carbonyl (C=O) groups excluding carboxylic acids is 1. The summed E-state index contributed by atoms with van der Waals surface area (Å²) in [6.07, 6.45) is 5.68. The van der Waals surface area contributed by atoms with Crippen molar-refractivity contribution in [3.63, 3.8) is 0 Å². The molecule has 2 atom stereocenters. The van der Waals surface area contributed by atoms with Gasteiger partial charge in [0.05, 0.1) is 17.2 Å². The topological polar surface area (TPSA) is 64.3 Å². The zero-order valence-electron chi connectivity index (χ0n) is 12.2. The van der Waals surface area contributed by atoms with Gasteiger partial charge in [0, 0.05) is 6.04 Å². The number of hydrogen-bond donors (Lipinski definition) is 2. The monoisotopic (exact) mass is 314 g/mol. The third-order valence-electron chi connectivity index (χ3n) is 3.46. The lowest BCUT2D eigenvalue weighted by Crippen LogP contribution is -2.05. The van der Waals surface area contributed by atoms with E-state index in [1.165, 1.54) is 30.6 Å². The zero-order valence-corrected chi connectivity index (χ0v) is 13.8. The van der Waals surface area contributed by atoms with Crippen LogP contribution in [0.15, 0.2) is 4.90 Å². The lowest BCUT2D eigenvalue weighted by Gasteiger charge is -2.05. The summed E-state index contributed by atoms with van der Waals surface area (Å²) in [5.74, 6) is 0.448. The second-order valence-corrected chi connectivity index (χ2v) is 6.80. The summed E-state index contributed by atoms with van der Waals surface area (Å²) in [6.45, 7) is 4.38. The van der Waals surface area contributed by atoms with E-state index < -0.39 is 0 Å². The van der Waals surface area contributed by atoms with Crippen LogP contribution in [0, 0.1) is 5.92 Å². The molecule has 0 radical (unpaired) electrons. The van der Waals surface area contributed by atoms with Gasteiger partial charge in [0.15, 0.2) is 0 Å². The molecular weight excluding hydrogens is 292 g/mol. The molecule has 1 aromatic heterocycles. The molecular formula is C14H22N2O2S2. The van der Waals surface area contributed by atoms with Crippen molar-refractivity contribution in [3.05, 3.63) is 4.88 Å². The minimum absolute atomic E-state index is 0.320. The van der Waals surface area contributed by atoms with Gasteiger partial charge in [-0.25, -0.2) is 4.79 Å². The smallest absolute Gasteiger partial charge is 0.350 e. The molecule has 0 saturated heterocycles. The molecule has 1 saturated carbocycles. The molecule has 1 aromatic rings. The zero-order chi connectivity index (χ0) is 14.7. The Bertz CT molecular complexity index is 488. The normalized spacial score (nSPS) is 20.8. The number of esters is 1. The van der Waals surface area contributed by atoms with E-state index in [0.29, 0.717) is 23.2 Å². The molecule has 4 nitrogen and oxygen atoms in total. The fraction of sp³-hybridized carbons (Fsp3) is 0.643. The standard InChI is InChI=1S/C14H22N2O2S2/c1-4-6-8-7-9(8)16-13-11(19-3)10(15)12(20-13)14(17)18-5-2/h8-9,16H,4-7,15H2,1-3H3. The minimum atomic E-state index is -0.320. The number of nitrogens with one attached hydrogen (secondary N) is 1. The first-order chi connectivity index (χ1) is 9.62. The molecule has 0 amide bonds.